The Morgan fingerprint density at radius 3 is 2.93 bits per heavy atom. The highest BCUT2D eigenvalue weighted by Gasteiger charge is 2.32. The molecule has 1 aliphatic heterocycles. The summed E-state index contributed by atoms with van der Waals surface area (Å²) in [5.74, 6) is 2.37. The van der Waals surface area contributed by atoms with Gasteiger partial charge in [0.2, 0.25) is 0 Å². The molecule has 0 radical (unpaired) electrons. The summed E-state index contributed by atoms with van der Waals surface area (Å²) in [7, 11) is 0. The second kappa shape index (κ2) is 3.16. The molecule has 1 saturated carbocycles. The Bertz CT molecular complexity index is 394. The number of hydrogen-bond acceptors (Lipinski definition) is 2. The van der Waals surface area contributed by atoms with E-state index in [1.165, 1.54) is 12.8 Å². The van der Waals surface area contributed by atoms with E-state index in [4.69, 9.17) is 4.74 Å². The number of hydrogen-bond donors (Lipinski definition) is 1. The van der Waals surface area contributed by atoms with Gasteiger partial charge in [-0.15, -0.1) is 0 Å². The number of benzene rings is 1. The first-order valence-electron chi connectivity index (χ1n) is 5.75. The summed E-state index contributed by atoms with van der Waals surface area (Å²) < 4.78 is 5.47. The van der Waals surface area contributed by atoms with Crippen molar-refractivity contribution in [2.45, 2.75) is 32.1 Å². The van der Waals surface area contributed by atoms with Crippen LogP contribution in [-0.2, 0) is 6.42 Å². The van der Waals surface area contributed by atoms with Gasteiger partial charge in [-0.05, 0) is 24.7 Å². The third-order valence-corrected chi connectivity index (χ3v) is 3.68. The first-order valence-corrected chi connectivity index (χ1v) is 5.75. The fourth-order valence-corrected chi connectivity index (χ4v) is 2.47. The summed E-state index contributed by atoms with van der Waals surface area (Å²) in [5.41, 5.74) is 2.22. The molecule has 1 aliphatic carbocycles. The first-order chi connectivity index (χ1) is 7.27. The molecular weight excluding hydrogens is 188 g/mol. The highest BCUT2D eigenvalue weighted by molar-refractivity contribution is 5.54. The molecule has 0 bridgehead atoms. The van der Waals surface area contributed by atoms with E-state index in [2.05, 4.69) is 19.1 Å². The van der Waals surface area contributed by atoms with Gasteiger partial charge in [-0.1, -0.05) is 19.1 Å². The molecule has 2 aliphatic rings. The smallest absolute Gasteiger partial charge is 0.164 e. The van der Waals surface area contributed by atoms with Gasteiger partial charge >= 0.3 is 0 Å². The zero-order chi connectivity index (χ0) is 10.4. The van der Waals surface area contributed by atoms with Gasteiger partial charge in [0.25, 0.3) is 0 Å². The van der Waals surface area contributed by atoms with Gasteiger partial charge in [0.15, 0.2) is 11.5 Å². The molecule has 1 heterocycles. The van der Waals surface area contributed by atoms with Gasteiger partial charge in [0.05, 0.1) is 6.61 Å². The zero-order valence-corrected chi connectivity index (χ0v) is 8.99. The van der Waals surface area contributed by atoms with E-state index < -0.39 is 0 Å². The van der Waals surface area contributed by atoms with Crippen molar-refractivity contribution in [1.82, 2.24) is 0 Å². The Morgan fingerprint density at radius 2 is 2.20 bits per heavy atom. The normalized spacial score (nSPS) is 20.9. The second-order valence-corrected chi connectivity index (χ2v) is 4.72. The predicted octanol–water partition coefficient (Wildman–Crippen LogP) is 2.84. The summed E-state index contributed by atoms with van der Waals surface area (Å²) in [4.78, 5) is 0. The molecule has 3 rings (SSSR count). The minimum atomic E-state index is 0.393. The van der Waals surface area contributed by atoms with E-state index in [9.17, 15) is 5.11 Å². The number of ether oxygens (including phenoxy) is 1. The van der Waals surface area contributed by atoms with E-state index in [1.807, 2.05) is 0 Å². The van der Waals surface area contributed by atoms with Gasteiger partial charge in [0, 0.05) is 17.5 Å². The molecule has 2 heteroatoms. The largest absolute Gasteiger partial charge is 0.504 e. The highest BCUT2D eigenvalue weighted by atomic mass is 16.5. The minimum absolute atomic E-state index is 0.393. The lowest BCUT2D eigenvalue weighted by atomic mass is 9.94. The SMILES string of the molecule is CC(c1ccc2c(c1O)OCC2)C1CC1. The van der Waals surface area contributed by atoms with Crippen LogP contribution in [0.5, 0.6) is 11.5 Å². The zero-order valence-electron chi connectivity index (χ0n) is 8.99. The second-order valence-electron chi connectivity index (χ2n) is 4.72. The van der Waals surface area contributed by atoms with Crippen molar-refractivity contribution in [3.05, 3.63) is 23.3 Å². The maximum atomic E-state index is 10.1. The molecule has 1 aromatic rings. The van der Waals surface area contributed by atoms with Crippen molar-refractivity contribution < 1.29 is 9.84 Å². The van der Waals surface area contributed by atoms with Crippen molar-refractivity contribution in [2.75, 3.05) is 6.61 Å². The molecule has 0 aromatic heterocycles. The fraction of sp³-hybridized carbons (Fsp3) is 0.538. The Labute approximate surface area is 89.9 Å². The summed E-state index contributed by atoms with van der Waals surface area (Å²) in [5, 5.41) is 10.1. The third-order valence-electron chi connectivity index (χ3n) is 3.68. The van der Waals surface area contributed by atoms with Crippen LogP contribution in [0, 0.1) is 5.92 Å². The van der Waals surface area contributed by atoms with Crippen LogP contribution >= 0.6 is 0 Å². The van der Waals surface area contributed by atoms with Gasteiger partial charge in [-0.2, -0.15) is 0 Å². The van der Waals surface area contributed by atoms with Crippen LogP contribution < -0.4 is 4.74 Å². The van der Waals surface area contributed by atoms with E-state index in [0.29, 0.717) is 18.3 Å². The van der Waals surface area contributed by atoms with E-state index in [1.54, 1.807) is 0 Å². The molecule has 0 saturated heterocycles. The minimum Gasteiger partial charge on any atom is -0.504 e. The maximum absolute atomic E-state index is 10.1. The molecular formula is C13H16O2. The van der Waals surface area contributed by atoms with E-state index >= 15 is 0 Å². The molecule has 80 valence electrons. The van der Waals surface area contributed by atoms with Crippen molar-refractivity contribution in [3.63, 3.8) is 0 Å². The van der Waals surface area contributed by atoms with E-state index in [-0.39, 0.29) is 0 Å². The average Bonchev–Trinajstić information content (AvgIpc) is 2.97. The Kier molecular flexibility index (Phi) is 1.91. The Hall–Kier alpha value is -1.18. The van der Waals surface area contributed by atoms with Gasteiger partial charge in [-0.25, -0.2) is 0 Å². The monoisotopic (exact) mass is 204 g/mol. The number of aromatic hydroxyl groups is 1. The van der Waals surface area contributed by atoms with Gasteiger partial charge in [-0.3, -0.25) is 0 Å². The summed E-state index contributed by atoms with van der Waals surface area (Å²) in [6.45, 7) is 2.91. The van der Waals surface area contributed by atoms with Crippen LogP contribution in [0.3, 0.4) is 0 Å². The average molecular weight is 204 g/mol. The molecule has 1 unspecified atom stereocenters. The molecule has 1 N–H and O–H groups in total. The summed E-state index contributed by atoms with van der Waals surface area (Å²) in [6.07, 6.45) is 3.54. The van der Waals surface area contributed by atoms with Crippen LogP contribution in [0.1, 0.15) is 36.8 Å². The summed E-state index contributed by atoms with van der Waals surface area (Å²) >= 11 is 0. The molecule has 2 nitrogen and oxygen atoms in total. The van der Waals surface area contributed by atoms with E-state index in [0.717, 1.165) is 29.2 Å². The molecule has 15 heavy (non-hydrogen) atoms. The van der Waals surface area contributed by atoms with Crippen molar-refractivity contribution in [3.8, 4) is 11.5 Å². The molecule has 1 fully saturated rings. The lowest BCUT2D eigenvalue weighted by Gasteiger charge is -2.14. The predicted molar refractivity (Wildman–Crippen MR) is 58.4 cm³/mol. The molecule has 0 amide bonds. The Morgan fingerprint density at radius 1 is 1.40 bits per heavy atom. The van der Waals surface area contributed by atoms with Crippen LogP contribution in [-0.4, -0.2) is 11.7 Å². The maximum Gasteiger partial charge on any atom is 0.164 e. The Balaban J connectivity index is 2.01. The lowest BCUT2D eigenvalue weighted by molar-refractivity contribution is 0.332. The molecule has 1 aromatic carbocycles. The lowest BCUT2D eigenvalue weighted by Crippen LogP contribution is -1.97. The molecule has 1 atom stereocenters. The van der Waals surface area contributed by atoms with Crippen molar-refractivity contribution in [1.29, 1.82) is 0 Å². The van der Waals surface area contributed by atoms with Crippen LogP contribution in [0.2, 0.25) is 0 Å². The summed E-state index contributed by atoms with van der Waals surface area (Å²) in [6, 6.07) is 4.18. The van der Waals surface area contributed by atoms with Crippen LogP contribution in [0.4, 0.5) is 0 Å². The molecule has 0 spiro atoms. The quantitative estimate of drug-likeness (QED) is 0.802. The van der Waals surface area contributed by atoms with Crippen molar-refractivity contribution >= 4 is 0 Å². The standard InChI is InChI=1S/C13H16O2/c1-8(9-2-3-9)11-5-4-10-6-7-15-13(10)12(11)14/h4-5,8-9,14H,2-3,6-7H2,1H3. The fourth-order valence-electron chi connectivity index (χ4n) is 2.47. The van der Waals surface area contributed by atoms with Crippen molar-refractivity contribution in [2.24, 2.45) is 5.92 Å². The number of phenols is 1. The van der Waals surface area contributed by atoms with Gasteiger partial charge in [0.1, 0.15) is 0 Å². The number of phenolic OH excluding ortho intramolecular Hbond substituents is 1. The van der Waals surface area contributed by atoms with Crippen LogP contribution in [0.25, 0.3) is 0 Å². The number of fused-ring (bicyclic) bond motifs is 1. The topological polar surface area (TPSA) is 29.5 Å². The number of rotatable bonds is 2. The first kappa shape index (κ1) is 9.08. The van der Waals surface area contributed by atoms with Crippen LogP contribution in [0.15, 0.2) is 12.1 Å². The third kappa shape index (κ3) is 1.39. The van der Waals surface area contributed by atoms with Gasteiger partial charge < -0.3 is 9.84 Å². The highest BCUT2D eigenvalue weighted by Crippen LogP contribution is 2.48.